The molecule has 3 heteroatoms. The zero-order valence-electron chi connectivity index (χ0n) is 20.1. The van der Waals surface area contributed by atoms with Gasteiger partial charge >= 0.3 is 0 Å². The van der Waals surface area contributed by atoms with Gasteiger partial charge < -0.3 is 9.22 Å². The number of benzene rings is 2. The van der Waals surface area contributed by atoms with Gasteiger partial charge in [-0.25, -0.2) is 0 Å². The van der Waals surface area contributed by atoms with Crippen molar-refractivity contribution in [1.29, 1.82) is 0 Å². The lowest BCUT2D eigenvalue weighted by Crippen LogP contribution is -2.67. The van der Waals surface area contributed by atoms with Gasteiger partial charge in [0, 0.05) is 0 Å². The lowest BCUT2D eigenvalue weighted by atomic mass is 10.1. The fourth-order valence-corrected chi connectivity index (χ4v) is 9.19. The molecule has 0 aliphatic rings. The Labute approximate surface area is 191 Å². The van der Waals surface area contributed by atoms with E-state index in [1.54, 1.807) is 0 Å². The van der Waals surface area contributed by atoms with E-state index in [0.717, 1.165) is 19.1 Å². The highest BCUT2D eigenvalue weighted by Gasteiger charge is 2.51. The van der Waals surface area contributed by atoms with Crippen molar-refractivity contribution in [2.75, 3.05) is 0 Å². The van der Waals surface area contributed by atoms with E-state index in [0.29, 0.717) is 0 Å². The van der Waals surface area contributed by atoms with Crippen molar-refractivity contribution in [2.24, 2.45) is 0 Å². The third-order valence-electron chi connectivity index (χ3n) is 6.24. The highest BCUT2D eigenvalue weighted by molar-refractivity contribution is 6.99. The topological polar surface area (TPSA) is 26.3 Å². The van der Waals surface area contributed by atoms with E-state index in [1.807, 2.05) is 12.1 Å². The van der Waals surface area contributed by atoms with Crippen LogP contribution in [0.15, 0.2) is 60.7 Å². The molecular weight excluding hydrogens is 396 g/mol. The van der Waals surface area contributed by atoms with Gasteiger partial charge in [0.2, 0.25) is 0 Å². The van der Waals surface area contributed by atoms with Gasteiger partial charge in [-0.1, -0.05) is 140 Å². The summed E-state index contributed by atoms with van der Waals surface area (Å²) in [7, 11) is -2.65. The molecule has 0 radical (unpaired) electrons. The summed E-state index contributed by atoms with van der Waals surface area (Å²) in [5, 5.41) is 2.36. The predicted molar refractivity (Wildman–Crippen MR) is 136 cm³/mol. The first-order chi connectivity index (χ1) is 15.0. The number of hydrogen-bond donors (Lipinski definition) is 0. The minimum absolute atomic E-state index is 0.101. The molecule has 170 valence electrons. The molecule has 0 aliphatic carbocycles. The highest BCUT2D eigenvalue weighted by atomic mass is 28.4. The number of carbonyl (C=O) groups excluding carboxylic acids is 1. The fourth-order valence-electron chi connectivity index (χ4n) is 4.55. The Hall–Kier alpha value is -1.71. The van der Waals surface area contributed by atoms with Crippen LogP contribution in [0.1, 0.15) is 85.5 Å². The Kier molecular flexibility index (Phi) is 10.7. The largest absolute Gasteiger partial charge is 0.398 e. The fraction of sp³-hybridized carbons (Fsp3) is 0.536. The average Bonchev–Trinajstić information content (AvgIpc) is 2.78. The molecule has 0 N–H and O–H groups in total. The monoisotopic (exact) mass is 438 g/mol. The molecule has 0 amide bonds. The number of carbonyl (C=O) groups is 1. The van der Waals surface area contributed by atoms with Gasteiger partial charge in [-0.3, -0.25) is 0 Å². The van der Waals surface area contributed by atoms with Crippen LogP contribution in [0.4, 0.5) is 0 Å². The lowest BCUT2D eigenvalue weighted by molar-refractivity contribution is -0.114. The van der Waals surface area contributed by atoms with Gasteiger partial charge in [0.1, 0.15) is 12.4 Å². The van der Waals surface area contributed by atoms with Gasteiger partial charge in [0.15, 0.2) is 0 Å². The molecule has 31 heavy (non-hydrogen) atoms. The molecule has 2 aromatic rings. The molecule has 0 bridgehead atoms. The number of unbranched alkanes of at least 4 members (excludes halogenated alkanes) is 7. The third-order valence-corrected chi connectivity index (χ3v) is 11.3. The van der Waals surface area contributed by atoms with Gasteiger partial charge in [0.25, 0.3) is 8.32 Å². The molecule has 0 heterocycles. The molecule has 0 aromatic heterocycles. The maximum atomic E-state index is 12.1. The Balaban J connectivity index is 2.16. The van der Waals surface area contributed by atoms with E-state index in [9.17, 15) is 4.79 Å². The van der Waals surface area contributed by atoms with Crippen molar-refractivity contribution < 1.29 is 9.22 Å². The summed E-state index contributed by atoms with van der Waals surface area (Å²) >= 11 is 0. The van der Waals surface area contributed by atoms with Gasteiger partial charge in [-0.2, -0.15) is 0 Å². The van der Waals surface area contributed by atoms with Crippen molar-refractivity contribution >= 4 is 25.0 Å². The molecule has 0 spiro atoms. The third kappa shape index (κ3) is 7.15. The van der Waals surface area contributed by atoms with E-state index in [2.05, 4.69) is 76.2 Å². The van der Waals surface area contributed by atoms with E-state index >= 15 is 0 Å². The normalized spacial score (nSPS) is 13.2. The quantitative estimate of drug-likeness (QED) is 0.187. The summed E-state index contributed by atoms with van der Waals surface area (Å²) in [5.74, 6) is 0. The molecule has 0 saturated heterocycles. The number of hydrogen-bond acceptors (Lipinski definition) is 2. The first kappa shape index (κ1) is 25.5. The van der Waals surface area contributed by atoms with E-state index in [4.69, 9.17) is 4.43 Å². The second kappa shape index (κ2) is 13.0. The van der Waals surface area contributed by atoms with Crippen molar-refractivity contribution in [3.05, 3.63) is 60.7 Å². The average molecular weight is 439 g/mol. The summed E-state index contributed by atoms with van der Waals surface area (Å²) in [5.41, 5.74) is 0. The molecule has 1 atom stereocenters. The number of aldehydes is 1. The van der Waals surface area contributed by atoms with Crippen LogP contribution in [0.5, 0.6) is 0 Å². The first-order valence-corrected chi connectivity index (χ1v) is 14.1. The maximum Gasteiger partial charge on any atom is 0.262 e. The molecule has 2 rings (SSSR count). The Morgan fingerprint density at radius 3 is 1.65 bits per heavy atom. The summed E-state index contributed by atoms with van der Waals surface area (Å²) in [6, 6.07) is 21.2. The van der Waals surface area contributed by atoms with Crippen molar-refractivity contribution in [3.63, 3.8) is 0 Å². The van der Waals surface area contributed by atoms with Crippen LogP contribution in [-0.4, -0.2) is 20.7 Å². The lowest BCUT2D eigenvalue weighted by Gasteiger charge is -2.44. The summed E-state index contributed by atoms with van der Waals surface area (Å²) in [4.78, 5) is 12.1. The second-order valence-corrected chi connectivity index (χ2v) is 14.0. The minimum Gasteiger partial charge on any atom is -0.398 e. The van der Waals surface area contributed by atoms with Crippen LogP contribution in [0, 0.1) is 0 Å². The predicted octanol–water partition coefficient (Wildman–Crippen LogP) is 6.66. The molecular formula is C28H42O2Si. The van der Waals surface area contributed by atoms with E-state index in [1.165, 1.54) is 55.3 Å². The van der Waals surface area contributed by atoms with Crippen LogP contribution in [0.3, 0.4) is 0 Å². The maximum absolute atomic E-state index is 12.1. The molecule has 1 unspecified atom stereocenters. The second-order valence-electron chi connectivity index (χ2n) is 9.72. The van der Waals surface area contributed by atoms with Crippen LogP contribution >= 0.6 is 0 Å². The van der Waals surface area contributed by atoms with Crippen LogP contribution in [0.25, 0.3) is 0 Å². The van der Waals surface area contributed by atoms with E-state index < -0.39 is 8.32 Å². The molecule has 0 aliphatic heterocycles. The SMILES string of the molecule is CCCCCCCCCCC(C=O)O[Si](c1ccccc1)(c1ccccc1)C(C)(C)C. The van der Waals surface area contributed by atoms with Crippen LogP contribution < -0.4 is 10.4 Å². The Morgan fingerprint density at radius 2 is 1.23 bits per heavy atom. The van der Waals surface area contributed by atoms with Crippen LogP contribution in [-0.2, 0) is 9.22 Å². The van der Waals surface area contributed by atoms with Crippen molar-refractivity contribution in [3.8, 4) is 0 Å². The molecule has 0 fully saturated rings. The Morgan fingerprint density at radius 1 is 0.774 bits per heavy atom. The summed E-state index contributed by atoms with van der Waals surface area (Å²) < 4.78 is 6.95. The zero-order valence-corrected chi connectivity index (χ0v) is 21.1. The first-order valence-electron chi connectivity index (χ1n) is 12.2. The molecule has 0 saturated carbocycles. The van der Waals surface area contributed by atoms with Crippen LogP contribution in [0.2, 0.25) is 5.04 Å². The summed E-state index contributed by atoms with van der Waals surface area (Å²) in [6.45, 7) is 9.04. The van der Waals surface area contributed by atoms with Gasteiger partial charge in [-0.05, 0) is 21.8 Å². The smallest absolute Gasteiger partial charge is 0.262 e. The van der Waals surface area contributed by atoms with E-state index in [-0.39, 0.29) is 11.1 Å². The van der Waals surface area contributed by atoms with Gasteiger partial charge in [-0.15, -0.1) is 0 Å². The Bertz CT molecular complexity index is 697. The molecule has 2 nitrogen and oxygen atoms in total. The van der Waals surface area contributed by atoms with Gasteiger partial charge in [0.05, 0.1) is 0 Å². The zero-order chi connectivity index (χ0) is 22.6. The van der Waals surface area contributed by atoms with Crippen molar-refractivity contribution in [2.45, 2.75) is 96.6 Å². The standard InChI is InChI=1S/C28H42O2Si/c1-5-6-7-8-9-10-11-14-19-25(24-29)30-31(28(2,3)4,26-20-15-12-16-21-26)27-22-17-13-18-23-27/h12-13,15-18,20-25H,5-11,14,19H2,1-4H3. The molecule has 2 aromatic carbocycles. The van der Waals surface area contributed by atoms with Crippen molar-refractivity contribution in [1.82, 2.24) is 0 Å². The summed E-state index contributed by atoms with van der Waals surface area (Å²) in [6.07, 6.45) is 11.6. The highest BCUT2D eigenvalue weighted by Crippen LogP contribution is 2.37. The number of rotatable bonds is 14. The minimum atomic E-state index is -2.65.